The molecular weight excluding hydrogens is 217 g/mol. The molecule has 7 nitrogen and oxygen atoms in total. The monoisotopic (exact) mass is 225 g/mol. The predicted octanol–water partition coefficient (Wildman–Crippen LogP) is -4.21. The van der Waals surface area contributed by atoms with Crippen LogP contribution in [-0.2, 0) is 6.54 Å². The van der Waals surface area contributed by atoms with Gasteiger partial charge < -0.3 is 9.90 Å². The van der Waals surface area contributed by atoms with E-state index in [1.54, 1.807) is 25.5 Å². The maximum absolute atomic E-state index is 10.5. The third-order valence-corrected chi connectivity index (χ3v) is 1.97. The molecule has 0 aliphatic rings. The van der Waals surface area contributed by atoms with Gasteiger partial charge in [-0.2, -0.15) is 0 Å². The van der Waals surface area contributed by atoms with Crippen LogP contribution in [0.5, 0.6) is 0 Å². The average molecular weight is 225 g/mol. The second-order valence-electron chi connectivity index (χ2n) is 3.12. The molecule has 2 heterocycles. The van der Waals surface area contributed by atoms with Gasteiger partial charge in [0.05, 0.1) is 18.4 Å². The Morgan fingerprint density at radius 1 is 1.47 bits per heavy atom. The van der Waals surface area contributed by atoms with Crippen molar-refractivity contribution >= 4 is 5.97 Å². The molecule has 82 valence electrons. The summed E-state index contributed by atoms with van der Waals surface area (Å²) in [5.41, 5.74) is 0.681. The minimum Gasteiger partial charge on any atom is -0.541 e. The second-order valence-corrected chi connectivity index (χ2v) is 3.12. The summed E-state index contributed by atoms with van der Waals surface area (Å²) in [5, 5.41) is 14.3. The van der Waals surface area contributed by atoms with Gasteiger partial charge in [0.25, 0.3) is 0 Å². The number of aromatic carboxylic acids is 1. The fraction of sp³-hybridized carbons (Fsp3) is 0.222. The predicted molar refractivity (Wildman–Crippen MR) is 50.2 cm³/mol. The third kappa shape index (κ3) is 3.12. The van der Waals surface area contributed by atoms with E-state index in [4.69, 9.17) is 0 Å². The van der Waals surface area contributed by atoms with Crippen LogP contribution in [0.25, 0.3) is 0 Å². The molecule has 8 heteroatoms. The summed E-state index contributed by atoms with van der Waals surface area (Å²) in [6, 6.07) is 0. The van der Waals surface area contributed by atoms with E-state index in [-0.39, 0.29) is 24.7 Å². The molecule has 0 amide bonds. The molecule has 0 bridgehead atoms. The number of nitrogens with zero attached hydrogens (tertiary/aromatic N) is 5. The summed E-state index contributed by atoms with van der Waals surface area (Å²) in [6.45, 7) is 2.00. The number of aryl methyl sites for hydroxylation is 1. The zero-order valence-corrected chi connectivity index (χ0v) is 9.49. The minimum absolute atomic E-state index is 0. The molecule has 0 unspecified atom stereocenters. The quantitative estimate of drug-likeness (QED) is 0.491. The van der Waals surface area contributed by atoms with Crippen molar-refractivity contribution in [2.75, 3.05) is 0 Å². The molecule has 0 aromatic carbocycles. The summed E-state index contributed by atoms with van der Waals surface area (Å²) in [7, 11) is 0. The Labute approximate surface area is 109 Å². The first-order chi connectivity index (χ1) is 7.66. The summed E-state index contributed by atoms with van der Waals surface area (Å²) in [5.74, 6) is -1.22. The van der Waals surface area contributed by atoms with Crippen LogP contribution >= 0.6 is 0 Å². The Balaban J connectivity index is 0.00000144. The summed E-state index contributed by atoms with van der Waals surface area (Å²) >= 11 is 0. The molecule has 0 atom stereocenters. The Kier molecular flexibility index (Phi) is 4.37. The van der Waals surface area contributed by atoms with Gasteiger partial charge in [0.15, 0.2) is 5.82 Å². The van der Waals surface area contributed by atoms with Gasteiger partial charge in [0.1, 0.15) is 11.8 Å². The van der Waals surface area contributed by atoms with E-state index in [2.05, 4.69) is 20.1 Å². The summed E-state index contributed by atoms with van der Waals surface area (Å²) in [4.78, 5) is 22.2. The first-order valence-corrected chi connectivity index (χ1v) is 4.54. The van der Waals surface area contributed by atoms with E-state index >= 15 is 0 Å². The number of carbonyl (C=O) groups excluding carboxylic acids is 1. The third-order valence-electron chi connectivity index (χ3n) is 1.97. The van der Waals surface area contributed by atoms with Crippen molar-refractivity contribution in [3.8, 4) is 0 Å². The number of hydrogen-bond donors (Lipinski definition) is 0. The summed E-state index contributed by atoms with van der Waals surface area (Å²) in [6.07, 6.45) is 4.70. The second kappa shape index (κ2) is 5.57. The molecule has 0 aliphatic heterocycles. The van der Waals surface area contributed by atoms with Gasteiger partial charge in [0.2, 0.25) is 0 Å². The topological polar surface area (TPSA) is 96.6 Å². The SMILES string of the molecule is Cc1nc(C(=O)[O-])nn1Cc1cnccn1.[Li+]. The van der Waals surface area contributed by atoms with E-state index in [1.807, 2.05) is 0 Å². The Hall–Kier alpha value is -1.71. The van der Waals surface area contributed by atoms with Crippen LogP contribution in [-0.4, -0.2) is 30.7 Å². The van der Waals surface area contributed by atoms with Gasteiger partial charge in [-0.1, -0.05) is 0 Å². The average Bonchev–Trinajstić information content (AvgIpc) is 2.62. The van der Waals surface area contributed by atoms with Gasteiger partial charge in [-0.15, -0.1) is 5.10 Å². The zero-order valence-electron chi connectivity index (χ0n) is 9.49. The van der Waals surface area contributed by atoms with Crippen molar-refractivity contribution in [1.29, 1.82) is 0 Å². The minimum atomic E-state index is -1.39. The number of rotatable bonds is 3. The molecule has 2 rings (SSSR count). The molecule has 0 aliphatic carbocycles. The normalized spacial score (nSPS) is 9.71. The molecule has 0 N–H and O–H groups in total. The molecule has 2 aromatic heterocycles. The standard InChI is InChI=1S/C9H9N5O2.Li/c1-6-12-8(9(15)16)13-14(6)5-7-4-10-2-3-11-7;/h2-4H,5H2,1H3,(H,15,16);/q;+1/p-1. The fourth-order valence-electron chi connectivity index (χ4n) is 1.22. The van der Waals surface area contributed by atoms with E-state index in [9.17, 15) is 9.90 Å². The van der Waals surface area contributed by atoms with Crippen molar-refractivity contribution in [3.05, 3.63) is 35.9 Å². The van der Waals surface area contributed by atoms with E-state index in [0.717, 1.165) is 0 Å². The fourth-order valence-corrected chi connectivity index (χ4v) is 1.22. The van der Waals surface area contributed by atoms with E-state index < -0.39 is 5.97 Å². The first-order valence-electron chi connectivity index (χ1n) is 4.54. The van der Waals surface area contributed by atoms with Gasteiger partial charge in [-0.05, 0) is 6.92 Å². The first kappa shape index (κ1) is 13.4. The zero-order chi connectivity index (χ0) is 11.5. The van der Waals surface area contributed by atoms with Crippen molar-refractivity contribution in [2.24, 2.45) is 0 Å². The van der Waals surface area contributed by atoms with Crippen molar-refractivity contribution < 1.29 is 28.8 Å². The van der Waals surface area contributed by atoms with Crippen LogP contribution in [0.3, 0.4) is 0 Å². The van der Waals surface area contributed by atoms with Crippen molar-refractivity contribution in [1.82, 2.24) is 24.7 Å². The Morgan fingerprint density at radius 2 is 2.24 bits per heavy atom. The Morgan fingerprint density at radius 3 is 2.76 bits per heavy atom. The molecule has 0 saturated carbocycles. The number of aromatic nitrogens is 5. The van der Waals surface area contributed by atoms with Crippen molar-refractivity contribution in [2.45, 2.75) is 13.5 Å². The smallest absolute Gasteiger partial charge is 0.541 e. The molecule has 0 saturated heterocycles. The summed E-state index contributed by atoms with van der Waals surface area (Å²) < 4.78 is 1.44. The molecule has 0 radical (unpaired) electrons. The number of hydrogen-bond acceptors (Lipinski definition) is 6. The number of carbonyl (C=O) groups is 1. The van der Waals surface area contributed by atoms with Crippen LogP contribution in [0.15, 0.2) is 18.6 Å². The van der Waals surface area contributed by atoms with Crippen LogP contribution in [0.1, 0.15) is 22.1 Å². The number of carboxylic acids is 1. The van der Waals surface area contributed by atoms with Crippen LogP contribution < -0.4 is 24.0 Å². The molecule has 0 spiro atoms. The van der Waals surface area contributed by atoms with Gasteiger partial charge in [-0.3, -0.25) is 9.97 Å². The van der Waals surface area contributed by atoms with Gasteiger partial charge in [-0.25, -0.2) is 9.67 Å². The van der Waals surface area contributed by atoms with Crippen LogP contribution in [0, 0.1) is 6.92 Å². The molecule has 2 aromatic rings. The van der Waals surface area contributed by atoms with Crippen LogP contribution in [0.4, 0.5) is 0 Å². The van der Waals surface area contributed by atoms with Gasteiger partial charge >= 0.3 is 18.9 Å². The molecule has 0 fully saturated rings. The van der Waals surface area contributed by atoms with Gasteiger partial charge in [0, 0.05) is 12.4 Å². The maximum Gasteiger partial charge on any atom is 1.00 e. The largest absolute Gasteiger partial charge is 1.00 e. The van der Waals surface area contributed by atoms with Crippen LogP contribution in [0.2, 0.25) is 0 Å². The Bertz CT molecular complexity index is 513. The molecular formula is C9H8LiN5O2. The number of carboxylic acid groups (broad SMARTS) is 1. The van der Waals surface area contributed by atoms with E-state index in [0.29, 0.717) is 18.1 Å². The van der Waals surface area contributed by atoms with E-state index in [1.165, 1.54) is 4.68 Å². The van der Waals surface area contributed by atoms with Crippen molar-refractivity contribution in [3.63, 3.8) is 0 Å². The maximum atomic E-state index is 10.5. The molecule has 17 heavy (non-hydrogen) atoms.